The predicted octanol–water partition coefficient (Wildman–Crippen LogP) is 3.62. The molecule has 19 heavy (non-hydrogen) atoms. The lowest BCUT2D eigenvalue weighted by atomic mass is 10.1. The molecule has 1 aromatic rings. The first kappa shape index (κ1) is 14.2. The number of hydrogen-bond acceptors (Lipinski definition) is 3. The van der Waals surface area contributed by atoms with Crippen molar-refractivity contribution in [3.8, 4) is 0 Å². The second kappa shape index (κ2) is 6.29. The van der Waals surface area contributed by atoms with Crippen LogP contribution in [0.1, 0.15) is 31.7 Å². The summed E-state index contributed by atoms with van der Waals surface area (Å²) < 4.78 is 0. The molecule has 0 aromatic heterocycles. The highest BCUT2D eigenvalue weighted by molar-refractivity contribution is 6.31. The standard InChI is InChI=1S/C15H22ClN3/c1-12(17-19-9-5-4-6-10-19)14-11-13(16)7-8-15(14)18(2)3/h7-8,11H,4-6,9-10H2,1-3H3/b17-12+. The Hall–Kier alpha value is -1.22. The first-order chi connectivity index (χ1) is 9.08. The summed E-state index contributed by atoms with van der Waals surface area (Å²) in [5, 5.41) is 7.69. The fourth-order valence-corrected chi connectivity index (χ4v) is 2.60. The van der Waals surface area contributed by atoms with Crippen LogP contribution in [0.4, 0.5) is 5.69 Å². The van der Waals surface area contributed by atoms with Gasteiger partial charge in [0, 0.05) is 43.5 Å². The lowest BCUT2D eigenvalue weighted by molar-refractivity contribution is 0.239. The molecule has 0 unspecified atom stereocenters. The SMILES string of the molecule is C/C(=N\N1CCCCC1)c1cc(Cl)ccc1N(C)C. The minimum Gasteiger partial charge on any atom is -0.377 e. The molecular weight excluding hydrogens is 258 g/mol. The highest BCUT2D eigenvalue weighted by Crippen LogP contribution is 2.24. The van der Waals surface area contributed by atoms with Gasteiger partial charge in [-0.25, -0.2) is 0 Å². The molecule has 1 aliphatic rings. The quantitative estimate of drug-likeness (QED) is 0.787. The van der Waals surface area contributed by atoms with Crippen LogP contribution >= 0.6 is 11.6 Å². The zero-order valence-corrected chi connectivity index (χ0v) is 12.7. The minimum absolute atomic E-state index is 0.758. The summed E-state index contributed by atoms with van der Waals surface area (Å²) >= 11 is 6.12. The second-order valence-corrected chi connectivity index (χ2v) is 5.69. The summed E-state index contributed by atoms with van der Waals surface area (Å²) in [5.74, 6) is 0. The largest absolute Gasteiger partial charge is 0.377 e. The molecule has 2 rings (SSSR count). The fraction of sp³-hybridized carbons (Fsp3) is 0.533. The Kier molecular flexibility index (Phi) is 4.70. The lowest BCUT2D eigenvalue weighted by Crippen LogP contribution is -2.26. The summed E-state index contributed by atoms with van der Waals surface area (Å²) in [7, 11) is 4.09. The molecule has 1 fully saturated rings. The zero-order chi connectivity index (χ0) is 13.8. The molecule has 0 N–H and O–H groups in total. The van der Waals surface area contributed by atoms with Crippen LogP contribution in [-0.4, -0.2) is 37.9 Å². The molecule has 1 aliphatic heterocycles. The molecule has 0 bridgehead atoms. The molecule has 0 atom stereocenters. The van der Waals surface area contributed by atoms with E-state index in [1.165, 1.54) is 19.3 Å². The molecule has 0 saturated carbocycles. The third-order valence-corrected chi connectivity index (χ3v) is 3.69. The molecule has 1 heterocycles. The topological polar surface area (TPSA) is 18.8 Å². The Bertz CT molecular complexity index is 462. The van der Waals surface area contributed by atoms with Gasteiger partial charge in [-0.3, -0.25) is 5.01 Å². The summed E-state index contributed by atoms with van der Waals surface area (Å²) in [6.07, 6.45) is 3.81. The van der Waals surface area contributed by atoms with Crippen molar-refractivity contribution in [1.29, 1.82) is 0 Å². The van der Waals surface area contributed by atoms with Crippen molar-refractivity contribution in [1.82, 2.24) is 5.01 Å². The van der Waals surface area contributed by atoms with Gasteiger partial charge in [0.25, 0.3) is 0 Å². The maximum atomic E-state index is 6.12. The lowest BCUT2D eigenvalue weighted by Gasteiger charge is -2.25. The van der Waals surface area contributed by atoms with Crippen LogP contribution in [-0.2, 0) is 0 Å². The van der Waals surface area contributed by atoms with Crippen molar-refractivity contribution in [3.05, 3.63) is 28.8 Å². The number of benzene rings is 1. The number of piperidine rings is 1. The number of halogens is 1. The average Bonchev–Trinajstić information content (AvgIpc) is 2.39. The van der Waals surface area contributed by atoms with E-state index in [1.54, 1.807) is 0 Å². The van der Waals surface area contributed by atoms with Gasteiger partial charge in [0.15, 0.2) is 0 Å². The van der Waals surface area contributed by atoms with Crippen LogP contribution in [0.3, 0.4) is 0 Å². The summed E-state index contributed by atoms with van der Waals surface area (Å²) in [4.78, 5) is 2.10. The Balaban J connectivity index is 2.28. The van der Waals surface area contributed by atoms with Gasteiger partial charge in [0.05, 0.1) is 5.71 Å². The molecule has 0 amide bonds. The van der Waals surface area contributed by atoms with E-state index in [4.69, 9.17) is 16.7 Å². The average molecular weight is 280 g/mol. The Morgan fingerprint density at radius 1 is 1.21 bits per heavy atom. The first-order valence-corrected chi connectivity index (χ1v) is 7.23. The Morgan fingerprint density at radius 2 is 1.89 bits per heavy atom. The van der Waals surface area contributed by atoms with Gasteiger partial charge >= 0.3 is 0 Å². The highest BCUT2D eigenvalue weighted by atomic mass is 35.5. The van der Waals surface area contributed by atoms with E-state index in [0.717, 1.165) is 35.1 Å². The molecule has 0 spiro atoms. The van der Waals surface area contributed by atoms with Crippen molar-refractivity contribution >= 4 is 23.0 Å². The monoisotopic (exact) mass is 279 g/mol. The minimum atomic E-state index is 0.758. The van der Waals surface area contributed by atoms with Crippen LogP contribution in [0.5, 0.6) is 0 Å². The third-order valence-electron chi connectivity index (χ3n) is 3.45. The number of hydrogen-bond donors (Lipinski definition) is 0. The van der Waals surface area contributed by atoms with Crippen LogP contribution in [0.15, 0.2) is 23.3 Å². The van der Waals surface area contributed by atoms with Gasteiger partial charge in [0.2, 0.25) is 0 Å². The number of rotatable bonds is 3. The first-order valence-electron chi connectivity index (χ1n) is 6.85. The predicted molar refractivity (Wildman–Crippen MR) is 83.4 cm³/mol. The van der Waals surface area contributed by atoms with E-state index >= 15 is 0 Å². The van der Waals surface area contributed by atoms with Crippen molar-refractivity contribution < 1.29 is 0 Å². The van der Waals surface area contributed by atoms with Gasteiger partial charge in [-0.05, 0) is 44.4 Å². The van der Waals surface area contributed by atoms with Crippen molar-refractivity contribution in [2.24, 2.45) is 5.10 Å². The molecule has 0 radical (unpaired) electrons. The zero-order valence-electron chi connectivity index (χ0n) is 12.0. The number of nitrogens with zero attached hydrogens (tertiary/aromatic N) is 3. The molecular formula is C15H22ClN3. The molecule has 0 aliphatic carbocycles. The number of anilines is 1. The smallest absolute Gasteiger partial charge is 0.0668 e. The van der Waals surface area contributed by atoms with E-state index in [-0.39, 0.29) is 0 Å². The van der Waals surface area contributed by atoms with Crippen LogP contribution in [0.2, 0.25) is 5.02 Å². The molecule has 1 saturated heterocycles. The van der Waals surface area contributed by atoms with E-state index in [1.807, 2.05) is 32.3 Å². The van der Waals surface area contributed by atoms with Crippen molar-refractivity contribution in [3.63, 3.8) is 0 Å². The normalized spacial score (nSPS) is 16.6. The third kappa shape index (κ3) is 3.63. The van der Waals surface area contributed by atoms with Crippen LogP contribution < -0.4 is 4.90 Å². The summed E-state index contributed by atoms with van der Waals surface area (Å²) in [6.45, 7) is 4.19. The van der Waals surface area contributed by atoms with Crippen LogP contribution in [0, 0.1) is 0 Å². The summed E-state index contributed by atoms with van der Waals surface area (Å²) in [5.41, 5.74) is 3.30. The maximum Gasteiger partial charge on any atom is 0.0668 e. The number of hydrazone groups is 1. The Morgan fingerprint density at radius 3 is 2.53 bits per heavy atom. The van der Waals surface area contributed by atoms with Gasteiger partial charge in [-0.1, -0.05) is 11.6 Å². The van der Waals surface area contributed by atoms with E-state index in [2.05, 4.69) is 16.8 Å². The second-order valence-electron chi connectivity index (χ2n) is 5.26. The van der Waals surface area contributed by atoms with Gasteiger partial charge < -0.3 is 4.90 Å². The van der Waals surface area contributed by atoms with Gasteiger partial charge in [-0.2, -0.15) is 5.10 Å². The summed E-state index contributed by atoms with van der Waals surface area (Å²) in [6, 6.07) is 5.97. The van der Waals surface area contributed by atoms with Crippen molar-refractivity contribution in [2.45, 2.75) is 26.2 Å². The molecule has 3 nitrogen and oxygen atoms in total. The fourth-order valence-electron chi connectivity index (χ4n) is 2.43. The van der Waals surface area contributed by atoms with Crippen LogP contribution in [0.25, 0.3) is 0 Å². The Labute approximate surface area is 120 Å². The highest BCUT2D eigenvalue weighted by Gasteiger charge is 2.12. The molecule has 4 heteroatoms. The van der Waals surface area contributed by atoms with Gasteiger partial charge in [0.1, 0.15) is 0 Å². The van der Waals surface area contributed by atoms with E-state index < -0.39 is 0 Å². The molecule has 104 valence electrons. The molecule has 1 aromatic carbocycles. The van der Waals surface area contributed by atoms with E-state index in [9.17, 15) is 0 Å². The maximum absolute atomic E-state index is 6.12. The van der Waals surface area contributed by atoms with Crippen molar-refractivity contribution in [2.75, 3.05) is 32.1 Å². The van der Waals surface area contributed by atoms with Gasteiger partial charge in [-0.15, -0.1) is 0 Å². The van der Waals surface area contributed by atoms with E-state index in [0.29, 0.717) is 0 Å².